The average Bonchev–Trinajstić information content (AvgIpc) is 3.25. The van der Waals surface area contributed by atoms with Crippen molar-refractivity contribution in [3.05, 3.63) is 111 Å². The molecule has 3 heterocycles. The third kappa shape index (κ3) is 2.74. The van der Waals surface area contributed by atoms with Gasteiger partial charge < -0.3 is 14.2 Å². The molecule has 0 aliphatic carbocycles. The van der Waals surface area contributed by atoms with Crippen molar-refractivity contribution in [2.24, 2.45) is 0 Å². The van der Waals surface area contributed by atoms with Gasteiger partial charge in [-0.25, -0.2) is 0 Å². The van der Waals surface area contributed by atoms with E-state index in [1.54, 1.807) is 17.0 Å². The van der Waals surface area contributed by atoms with Crippen LogP contribution in [-0.4, -0.2) is 23.3 Å². The SMILES string of the molecule is CCN1C(=O)C2(c3ccccc31)c1c(oc3ccc(C)cc3c1=O)C(=O)N2Cc1ccc(C)cc1. The lowest BCUT2D eigenvalue weighted by Gasteiger charge is -2.34. The Kier molecular flexibility index (Phi) is 4.52. The van der Waals surface area contributed by atoms with Gasteiger partial charge in [-0.2, -0.15) is 0 Å². The van der Waals surface area contributed by atoms with Gasteiger partial charge in [0.25, 0.3) is 11.8 Å². The van der Waals surface area contributed by atoms with Crippen molar-refractivity contribution in [3.63, 3.8) is 0 Å². The van der Waals surface area contributed by atoms with E-state index in [4.69, 9.17) is 4.42 Å². The Morgan fingerprint density at radius 2 is 1.60 bits per heavy atom. The second kappa shape index (κ2) is 7.40. The Labute approximate surface area is 202 Å². The second-order valence-electron chi connectivity index (χ2n) is 9.29. The summed E-state index contributed by atoms with van der Waals surface area (Å²) in [6.45, 7) is 6.36. The van der Waals surface area contributed by atoms with Crippen LogP contribution in [-0.2, 0) is 16.9 Å². The molecule has 174 valence electrons. The van der Waals surface area contributed by atoms with Crippen molar-refractivity contribution >= 4 is 28.5 Å². The highest BCUT2D eigenvalue weighted by molar-refractivity contribution is 6.17. The number of para-hydroxylation sites is 1. The summed E-state index contributed by atoms with van der Waals surface area (Å²) in [5, 5.41) is 0.369. The van der Waals surface area contributed by atoms with E-state index in [0.29, 0.717) is 28.8 Å². The highest BCUT2D eigenvalue weighted by atomic mass is 16.3. The standard InChI is InChI=1S/C29H24N2O4/c1-4-30-22-8-6-5-7-21(22)29(28(30)34)24-25(32)20-15-18(3)11-14-23(20)35-26(24)27(33)31(29)16-19-12-9-17(2)10-13-19/h5-15H,4,16H2,1-3H3. The first-order valence-electron chi connectivity index (χ1n) is 11.7. The molecule has 0 saturated heterocycles. The molecule has 6 nitrogen and oxygen atoms in total. The molecule has 2 amide bonds. The number of anilines is 1. The summed E-state index contributed by atoms with van der Waals surface area (Å²) in [6, 6.07) is 20.5. The molecule has 2 aliphatic rings. The van der Waals surface area contributed by atoms with E-state index < -0.39 is 11.4 Å². The monoisotopic (exact) mass is 464 g/mol. The van der Waals surface area contributed by atoms with E-state index >= 15 is 0 Å². The maximum Gasteiger partial charge on any atom is 0.291 e. The lowest BCUT2D eigenvalue weighted by Crippen LogP contribution is -2.53. The Hall–Kier alpha value is -4.19. The van der Waals surface area contributed by atoms with Crippen molar-refractivity contribution in [1.82, 2.24) is 4.90 Å². The van der Waals surface area contributed by atoms with Crippen LogP contribution >= 0.6 is 0 Å². The maximum absolute atomic E-state index is 14.3. The van der Waals surface area contributed by atoms with Crippen molar-refractivity contribution in [2.45, 2.75) is 32.9 Å². The van der Waals surface area contributed by atoms with Gasteiger partial charge in [0.2, 0.25) is 5.76 Å². The van der Waals surface area contributed by atoms with Crippen LogP contribution in [0.15, 0.2) is 75.9 Å². The molecular weight excluding hydrogens is 440 g/mol. The van der Waals surface area contributed by atoms with Crippen LogP contribution in [0.5, 0.6) is 0 Å². The number of amides is 2. The topological polar surface area (TPSA) is 70.8 Å². The van der Waals surface area contributed by atoms with Crippen molar-refractivity contribution in [1.29, 1.82) is 0 Å². The van der Waals surface area contributed by atoms with E-state index in [2.05, 4.69) is 0 Å². The lowest BCUT2D eigenvalue weighted by molar-refractivity contribution is -0.126. The van der Waals surface area contributed by atoms with E-state index in [-0.39, 0.29) is 29.2 Å². The average molecular weight is 465 g/mol. The molecule has 0 N–H and O–H groups in total. The number of likely N-dealkylation sites (N-methyl/N-ethyl adjacent to an activating group) is 1. The molecular formula is C29H24N2O4. The quantitative estimate of drug-likeness (QED) is 0.442. The summed E-state index contributed by atoms with van der Waals surface area (Å²) in [4.78, 5) is 45.5. The largest absolute Gasteiger partial charge is 0.450 e. The summed E-state index contributed by atoms with van der Waals surface area (Å²) in [5.74, 6) is -0.819. The zero-order valence-electron chi connectivity index (χ0n) is 19.8. The third-order valence-corrected chi connectivity index (χ3v) is 7.17. The van der Waals surface area contributed by atoms with Crippen LogP contribution in [0.25, 0.3) is 11.0 Å². The summed E-state index contributed by atoms with van der Waals surface area (Å²) in [6.07, 6.45) is 0. The van der Waals surface area contributed by atoms with Gasteiger partial charge in [0.1, 0.15) is 5.58 Å². The minimum atomic E-state index is -1.58. The van der Waals surface area contributed by atoms with Crippen LogP contribution < -0.4 is 10.3 Å². The summed E-state index contributed by atoms with van der Waals surface area (Å²) in [5.41, 5.74) is 2.72. The predicted octanol–water partition coefficient (Wildman–Crippen LogP) is 4.68. The zero-order chi connectivity index (χ0) is 24.5. The van der Waals surface area contributed by atoms with Gasteiger partial charge in [0, 0.05) is 18.7 Å². The first kappa shape index (κ1) is 21.4. The van der Waals surface area contributed by atoms with Crippen LogP contribution in [0.2, 0.25) is 0 Å². The molecule has 2 aliphatic heterocycles. The van der Waals surface area contributed by atoms with Crippen LogP contribution in [0, 0.1) is 13.8 Å². The van der Waals surface area contributed by atoms with E-state index in [0.717, 1.165) is 16.7 Å². The summed E-state index contributed by atoms with van der Waals surface area (Å²) >= 11 is 0. The fourth-order valence-electron chi connectivity index (χ4n) is 5.52. The Bertz CT molecular complexity index is 1600. The van der Waals surface area contributed by atoms with Gasteiger partial charge in [-0.3, -0.25) is 14.4 Å². The number of benzene rings is 3. The highest BCUT2D eigenvalue weighted by Crippen LogP contribution is 2.52. The van der Waals surface area contributed by atoms with Crippen LogP contribution in [0.3, 0.4) is 0 Å². The highest BCUT2D eigenvalue weighted by Gasteiger charge is 2.64. The lowest BCUT2D eigenvalue weighted by atomic mass is 9.83. The molecule has 3 aromatic carbocycles. The van der Waals surface area contributed by atoms with E-state index in [9.17, 15) is 14.4 Å². The zero-order valence-corrected chi connectivity index (χ0v) is 19.8. The molecule has 6 heteroatoms. The second-order valence-corrected chi connectivity index (χ2v) is 9.29. The normalized spacial score (nSPS) is 18.6. The van der Waals surface area contributed by atoms with Gasteiger partial charge in [-0.05, 0) is 44.5 Å². The van der Waals surface area contributed by atoms with Gasteiger partial charge >= 0.3 is 0 Å². The molecule has 6 rings (SSSR count). The molecule has 35 heavy (non-hydrogen) atoms. The molecule has 0 bridgehead atoms. The van der Waals surface area contributed by atoms with Crippen molar-refractivity contribution < 1.29 is 14.0 Å². The Morgan fingerprint density at radius 1 is 0.886 bits per heavy atom. The first-order valence-corrected chi connectivity index (χ1v) is 11.7. The fourth-order valence-corrected chi connectivity index (χ4v) is 5.52. The van der Waals surface area contributed by atoms with Gasteiger partial charge in [0.05, 0.1) is 16.6 Å². The smallest absolute Gasteiger partial charge is 0.291 e. The number of carbonyl (C=O) groups is 2. The molecule has 1 unspecified atom stereocenters. The molecule has 4 aromatic rings. The predicted molar refractivity (Wildman–Crippen MR) is 134 cm³/mol. The van der Waals surface area contributed by atoms with E-state index in [1.165, 1.54) is 4.90 Å². The number of nitrogens with zero attached hydrogens (tertiary/aromatic N) is 2. The van der Waals surface area contributed by atoms with E-state index in [1.807, 2.05) is 75.4 Å². The number of fused-ring (bicyclic) bond motifs is 5. The molecule has 1 aromatic heterocycles. The molecule has 0 radical (unpaired) electrons. The molecule has 0 saturated carbocycles. The number of hydrogen-bond donors (Lipinski definition) is 0. The maximum atomic E-state index is 14.3. The van der Waals surface area contributed by atoms with Crippen LogP contribution in [0.1, 0.15) is 45.3 Å². The number of rotatable bonds is 3. The summed E-state index contributed by atoms with van der Waals surface area (Å²) in [7, 11) is 0. The Morgan fingerprint density at radius 3 is 2.34 bits per heavy atom. The first-order chi connectivity index (χ1) is 16.9. The molecule has 1 atom stereocenters. The minimum absolute atomic E-state index is 0.0560. The Balaban J connectivity index is 1.71. The minimum Gasteiger partial charge on any atom is -0.450 e. The van der Waals surface area contributed by atoms with Crippen molar-refractivity contribution in [2.75, 3.05) is 11.4 Å². The van der Waals surface area contributed by atoms with Crippen molar-refractivity contribution in [3.8, 4) is 0 Å². The number of hydrogen-bond acceptors (Lipinski definition) is 4. The van der Waals surface area contributed by atoms with Crippen LogP contribution in [0.4, 0.5) is 5.69 Å². The number of aryl methyl sites for hydroxylation is 2. The molecule has 1 spiro atoms. The number of carbonyl (C=O) groups excluding carboxylic acids is 2. The van der Waals surface area contributed by atoms with Gasteiger partial charge in [-0.1, -0.05) is 59.7 Å². The summed E-state index contributed by atoms with van der Waals surface area (Å²) < 4.78 is 6.10. The fraction of sp³-hybridized carbons (Fsp3) is 0.207. The molecule has 0 fully saturated rings. The van der Waals surface area contributed by atoms with Gasteiger partial charge in [-0.15, -0.1) is 0 Å². The third-order valence-electron chi connectivity index (χ3n) is 7.17. The van der Waals surface area contributed by atoms with Gasteiger partial charge in [0.15, 0.2) is 11.0 Å².